The Labute approximate surface area is 129 Å². The maximum atomic E-state index is 6.22. The molecule has 1 aliphatic carbocycles. The van der Waals surface area contributed by atoms with Gasteiger partial charge in [0, 0.05) is 16.6 Å². The largest absolute Gasteiger partial charge is 0.495 e. The Bertz CT molecular complexity index is 458. The quantitative estimate of drug-likeness (QED) is 0.832. The maximum absolute atomic E-state index is 6.22. The predicted molar refractivity (Wildman–Crippen MR) is 84.1 cm³/mol. The lowest BCUT2D eigenvalue weighted by molar-refractivity contribution is 0.228. The molecule has 0 radical (unpaired) electrons. The molecule has 0 aliphatic heterocycles. The fraction of sp³-hybridized carbons (Fsp3) is 0.600. The van der Waals surface area contributed by atoms with E-state index in [-0.39, 0.29) is 11.5 Å². The number of hydrogen-bond acceptors (Lipinski definition) is 2. The second kappa shape index (κ2) is 6.02. The molecule has 0 amide bonds. The lowest BCUT2D eigenvalue weighted by Crippen LogP contribution is -2.32. The maximum Gasteiger partial charge on any atom is 0.137 e. The highest BCUT2D eigenvalue weighted by Gasteiger charge is 2.38. The lowest BCUT2D eigenvalue weighted by Gasteiger charge is -2.35. The summed E-state index contributed by atoms with van der Waals surface area (Å²) in [5.41, 5.74) is 1.42. The van der Waals surface area contributed by atoms with Crippen LogP contribution in [-0.2, 0) is 0 Å². The van der Waals surface area contributed by atoms with Crippen LogP contribution in [0.25, 0.3) is 0 Å². The van der Waals surface area contributed by atoms with Gasteiger partial charge in [-0.25, -0.2) is 0 Å². The summed E-state index contributed by atoms with van der Waals surface area (Å²) in [6.07, 6.45) is 5.09. The molecule has 1 saturated carbocycles. The molecular weight excluding hydrogens is 326 g/mol. The topological polar surface area (TPSA) is 21.3 Å². The Kier molecular flexibility index (Phi) is 4.80. The van der Waals surface area contributed by atoms with Crippen LogP contribution in [0.2, 0.25) is 5.02 Å². The normalized spacial score (nSPS) is 19.4. The highest BCUT2D eigenvalue weighted by Crippen LogP contribution is 2.50. The van der Waals surface area contributed by atoms with E-state index in [0.717, 1.165) is 20.8 Å². The van der Waals surface area contributed by atoms with Gasteiger partial charge in [0.2, 0.25) is 0 Å². The number of benzene rings is 1. The highest BCUT2D eigenvalue weighted by atomic mass is 79.9. The number of rotatable bonds is 4. The Balaban J connectivity index is 2.48. The van der Waals surface area contributed by atoms with Crippen LogP contribution in [0.1, 0.15) is 44.2 Å². The van der Waals surface area contributed by atoms with Crippen molar-refractivity contribution in [2.24, 2.45) is 5.41 Å². The molecule has 0 aromatic heterocycles. The molecule has 1 aromatic carbocycles. The average Bonchev–Trinajstić information content (AvgIpc) is 2.77. The van der Waals surface area contributed by atoms with Crippen molar-refractivity contribution in [1.29, 1.82) is 0 Å². The van der Waals surface area contributed by atoms with Gasteiger partial charge in [-0.05, 0) is 53.4 Å². The third-order valence-corrected chi connectivity index (χ3v) is 5.09. The zero-order valence-electron chi connectivity index (χ0n) is 11.7. The van der Waals surface area contributed by atoms with Crippen LogP contribution in [0.15, 0.2) is 16.6 Å². The Morgan fingerprint density at radius 1 is 1.37 bits per heavy atom. The van der Waals surface area contributed by atoms with E-state index in [1.54, 1.807) is 7.11 Å². The molecule has 2 rings (SSSR count). The van der Waals surface area contributed by atoms with Crippen LogP contribution in [0.4, 0.5) is 0 Å². The van der Waals surface area contributed by atoms with E-state index in [2.05, 4.69) is 28.2 Å². The summed E-state index contributed by atoms with van der Waals surface area (Å²) in [6, 6.07) is 4.17. The van der Waals surface area contributed by atoms with Crippen LogP contribution in [0.3, 0.4) is 0 Å². The molecule has 4 heteroatoms. The Hall–Kier alpha value is -0.250. The second-order valence-corrected chi connectivity index (χ2v) is 6.88. The minimum Gasteiger partial charge on any atom is -0.495 e. The van der Waals surface area contributed by atoms with Gasteiger partial charge in [0.1, 0.15) is 5.75 Å². The molecule has 0 heterocycles. The lowest BCUT2D eigenvalue weighted by atomic mass is 9.77. The zero-order chi connectivity index (χ0) is 14.0. The van der Waals surface area contributed by atoms with Crippen molar-refractivity contribution in [2.45, 2.75) is 38.6 Å². The van der Waals surface area contributed by atoms with Gasteiger partial charge in [0.25, 0.3) is 0 Å². The standard InChI is InChI=1S/C15H21BrClNO/c1-15(6-4-5-7-15)14(18-2)11-8-10(17)9-12(16)13(11)19-3/h8-9,14,18H,4-7H2,1-3H3. The fourth-order valence-electron chi connectivity index (χ4n) is 3.36. The van der Waals surface area contributed by atoms with Crippen molar-refractivity contribution in [3.8, 4) is 5.75 Å². The molecule has 0 saturated heterocycles. The summed E-state index contributed by atoms with van der Waals surface area (Å²) in [6.45, 7) is 2.36. The van der Waals surface area contributed by atoms with Crippen LogP contribution >= 0.6 is 27.5 Å². The Morgan fingerprint density at radius 2 is 2.00 bits per heavy atom. The second-order valence-electron chi connectivity index (χ2n) is 5.59. The van der Waals surface area contributed by atoms with Gasteiger partial charge in [-0.2, -0.15) is 0 Å². The highest BCUT2D eigenvalue weighted by molar-refractivity contribution is 9.10. The summed E-state index contributed by atoms with van der Waals surface area (Å²) >= 11 is 9.76. The van der Waals surface area contributed by atoms with Gasteiger partial charge in [0.05, 0.1) is 11.6 Å². The summed E-state index contributed by atoms with van der Waals surface area (Å²) < 4.78 is 6.49. The zero-order valence-corrected chi connectivity index (χ0v) is 14.1. The number of ether oxygens (including phenoxy) is 1. The molecule has 1 aliphatic rings. The third-order valence-electron chi connectivity index (χ3n) is 4.28. The smallest absolute Gasteiger partial charge is 0.137 e. The van der Waals surface area contributed by atoms with Gasteiger partial charge in [-0.3, -0.25) is 0 Å². The monoisotopic (exact) mass is 345 g/mol. The van der Waals surface area contributed by atoms with Crippen LogP contribution in [0, 0.1) is 5.41 Å². The first-order valence-electron chi connectivity index (χ1n) is 6.72. The average molecular weight is 347 g/mol. The van der Waals surface area contributed by atoms with Crippen molar-refractivity contribution >= 4 is 27.5 Å². The van der Waals surface area contributed by atoms with E-state index in [4.69, 9.17) is 16.3 Å². The van der Waals surface area contributed by atoms with Gasteiger partial charge >= 0.3 is 0 Å². The molecule has 1 aromatic rings. The van der Waals surface area contributed by atoms with E-state index >= 15 is 0 Å². The van der Waals surface area contributed by atoms with Crippen molar-refractivity contribution < 1.29 is 4.74 Å². The van der Waals surface area contributed by atoms with Gasteiger partial charge in [0.15, 0.2) is 0 Å². The minimum atomic E-state index is 0.264. The number of methoxy groups -OCH3 is 1. The molecule has 1 atom stereocenters. The van der Waals surface area contributed by atoms with Gasteiger partial charge in [-0.15, -0.1) is 0 Å². The predicted octanol–water partition coefficient (Wildman–Crippen LogP) is 4.95. The van der Waals surface area contributed by atoms with Crippen molar-refractivity contribution in [3.05, 3.63) is 27.2 Å². The fourth-order valence-corrected chi connectivity index (χ4v) is 4.36. The molecule has 0 spiro atoms. The number of hydrogen-bond donors (Lipinski definition) is 1. The molecule has 1 unspecified atom stereocenters. The third kappa shape index (κ3) is 2.93. The molecule has 1 N–H and O–H groups in total. The summed E-state index contributed by atoms with van der Waals surface area (Å²) in [5, 5.41) is 4.21. The van der Waals surface area contributed by atoms with E-state index in [0.29, 0.717) is 0 Å². The van der Waals surface area contributed by atoms with Crippen molar-refractivity contribution in [1.82, 2.24) is 5.32 Å². The van der Waals surface area contributed by atoms with E-state index in [1.807, 2.05) is 19.2 Å². The number of halogens is 2. The number of nitrogens with one attached hydrogen (secondary N) is 1. The van der Waals surface area contributed by atoms with Crippen LogP contribution in [-0.4, -0.2) is 14.2 Å². The minimum absolute atomic E-state index is 0.264. The summed E-state index contributed by atoms with van der Waals surface area (Å²) in [4.78, 5) is 0. The van der Waals surface area contributed by atoms with E-state index in [9.17, 15) is 0 Å². The van der Waals surface area contributed by atoms with Crippen molar-refractivity contribution in [3.63, 3.8) is 0 Å². The SMILES string of the molecule is CNC(c1cc(Cl)cc(Br)c1OC)C1(C)CCCC1. The first-order valence-corrected chi connectivity index (χ1v) is 7.89. The molecule has 106 valence electrons. The first kappa shape index (κ1) is 15.1. The van der Waals surface area contributed by atoms with E-state index in [1.165, 1.54) is 25.7 Å². The molecular formula is C15H21BrClNO. The molecule has 2 nitrogen and oxygen atoms in total. The van der Waals surface area contributed by atoms with Gasteiger partial charge in [-0.1, -0.05) is 31.4 Å². The van der Waals surface area contributed by atoms with Crippen LogP contribution in [0.5, 0.6) is 5.75 Å². The summed E-state index contributed by atoms with van der Waals surface area (Å²) in [7, 11) is 3.73. The molecule has 1 fully saturated rings. The summed E-state index contributed by atoms with van der Waals surface area (Å²) in [5.74, 6) is 0.886. The van der Waals surface area contributed by atoms with E-state index < -0.39 is 0 Å². The van der Waals surface area contributed by atoms with Crippen molar-refractivity contribution in [2.75, 3.05) is 14.2 Å². The van der Waals surface area contributed by atoms with Gasteiger partial charge < -0.3 is 10.1 Å². The molecule has 0 bridgehead atoms. The Morgan fingerprint density at radius 3 is 2.53 bits per heavy atom. The molecule has 19 heavy (non-hydrogen) atoms. The first-order chi connectivity index (χ1) is 9.01. The van der Waals surface area contributed by atoms with Crippen LogP contribution < -0.4 is 10.1 Å².